The lowest BCUT2D eigenvalue weighted by Gasteiger charge is -2.27. The van der Waals surface area contributed by atoms with Crippen LogP contribution in [0.15, 0.2) is 60.9 Å². The Kier molecular flexibility index (Phi) is 10.4. The molecule has 234 valence electrons. The van der Waals surface area contributed by atoms with Crippen molar-refractivity contribution in [3.05, 3.63) is 72.1 Å². The van der Waals surface area contributed by atoms with Gasteiger partial charge in [0.2, 0.25) is 17.7 Å². The number of para-hydroxylation sites is 2. The molecule has 0 radical (unpaired) electrons. The first-order chi connectivity index (χ1) is 20.9. The zero-order valence-corrected chi connectivity index (χ0v) is 25.0. The van der Waals surface area contributed by atoms with Gasteiger partial charge in [-0.05, 0) is 48.9 Å². The van der Waals surface area contributed by atoms with Crippen molar-refractivity contribution in [2.75, 3.05) is 0 Å². The van der Waals surface area contributed by atoms with Gasteiger partial charge >= 0.3 is 5.97 Å². The molecule has 12 heteroatoms. The summed E-state index contributed by atoms with van der Waals surface area (Å²) < 4.78 is 0. The van der Waals surface area contributed by atoms with Gasteiger partial charge in [0, 0.05) is 40.6 Å². The number of aliphatic hydroxyl groups is 1. The maximum Gasteiger partial charge on any atom is 0.326 e. The minimum atomic E-state index is -1.47. The van der Waals surface area contributed by atoms with Crippen LogP contribution in [0.2, 0.25) is 0 Å². The molecule has 2 aromatic carbocycles. The van der Waals surface area contributed by atoms with Crippen LogP contribution in [0.25, 0.3) is 21.8 Å². The Hall–Kier alpha value is -4.68. The number of aliphatic hydroxyl groups excluding tert-OH is 1. The van der Waals surface area contributed by atoms with Crippen LogP contribution in [0.1, 0.15) is 38.3 Å². The number of benzene rings is 2. The molecule has 3 amide bonds. The number of carbonyl (C=O) groups is 4. The summed E-state index contributed by atoms with van der Waals surface area (Å²) in [6.45, 7) is 5.06. The van der Waals surface area contributed by atoms with Crippen LogP contribution in [-0.2, 0) is 32.0 Å². The number of aromatic nitrogens is 2. The molecule has 5 atom stereocenters. The Bertz CT molecular complexity index is 1630. The third kappa shape index (κ3) is 7.82. The second-order valence-electron chi connectivity index (χ2n) is 11.6. The third-order valence-electron chi connectivity index (χ3n) is 7.57. The van der Waals surface area contributed by atoms with Gasteiger partial charge in [0.25, 0.3) is 0 Å². The van der Waals surface area contributed by atoms with Crippen molar-refractivity contribution in [2.45, 2.75) is 70.3 Å². The molecule has 0 bridgehead atoms. The molecular formula is C32H40N6O6. The number of rotatable bonds is 14. The molecule has 0 saturated heterocycles. The van der Waals surface area contributed by atoms with Gasteiger partial charge < -0.3 is 41.9 Å². The monoisotopic (exact) mass is 604 g/mol. The Morgan fingerprint density at radius 3 is 1.80 bits per heavy atom. The number of nitrogens with one attached hydrogen (secondary N) is 5. The van der Waals surface area contributed by atoms with Crippen LogP contribution in [-0.4, -0.2) is 74.1 Å². The van der Waals surface area contributed by atoms with Gasteiger partial charge in [0.15, 0.2) is 0 Å². The molecule has 12 nitrogen and oxygen atoms in total. The van der Waals surface area contributed by atoms with E-state index in [4.69, 9.17) is 5.73 Å². The van der Waals surface area contributed by atoms with Crippen LogP contribution in [0.3, 0.4) is 0 Å². The lowest BCUT2D eigenvalue weighted by Crippen LogP contribution is -2.60. The van der Waals surface area contributed by atoms with Gasteiger partial charge in [-0.1, -0.05) is 50.2 Å². The Labute approximate surface area is 254 Å². The van der Waals surface area contributed by atoms with E-state index in [2.05, 4.69) is 25.9 Å². The number of H-pyrrole nitrogens is 2. The molecule has 0 spiro atoms. The third-order valence-corrected chi connectivity index (χ3v) is 7.57. The average molecular weight is 605 g/mol. The molecule has 0 aliphatic heterocycles. The smallest absolute Gasteiger partial charge is 0.326 e. The summed E-state index contributed by atoms with van der Waals surface area (Å²) in [6, 6.07) is 10.2. The number of carboxylic acids is 1. The van der Waals surface area contributed by atoms with E-state index in [1.54, 1.807) is 12.4 Å². The molecule has 2 heterocycles. The first-order valence-corrected chi connectivity index (χ1v) is 14.6. The quantitative estimate of drug-likeness (QED) is 0.107. The average Bonchev–Trinajstić information content (AvgIpc) is 3.58. The van der Waals surface area contributed by atoms with Gasteiger partial charge in [-0.3, -0.25) is 14.4 Å². The number of hydrogen-bond acceptors (Lipinski definition) is 6. The Balaban J connectivity index is 1.42. The second-order valence-corrected chi connectivity index (χ2v) is 11.6. The van der Waals surface area contributed by atoms with Gasteiger partial charge in [-0.15, -0.1) is 0 Å². The fourth-order valence-corrected chi connectivity index (χ4v) is 5.25. The molecule has 2 aromatic heterocycles. The Morgan fingerprint density at radius 1 is 0.750 bits per heavy atom. The molecule has 44 heavy (non-hydrogen) atoms. The van der Waals surface area contributed by atoms with Gasteiger partial charge in [0.1, 0.15) is 18.1 Å². The predicted octanol–water partition coefficient (Wildman–Crippen LogP) is 1.73. The first kappa shape index (κ1) is 32.2. The highest BCUT2D eigenvalue weighted by Gasteiger charge is 2.33. The first-order valence-electron chi connectivity index (χ1n) is 14.6. The summed E-state index contributed by atoms with van der Waals surface area (Å²) in [5, 5.41) is 29.7. The van der Waals surface area contributed by atoms with E-state index in [1.807, 2.05) is 62.4 Å². The normalized spacial score (nSPS) is 15.0. The highest BCUT2D eigenvalue weighted by Crippen LogP contribution is 2.20. The van der Waals surface area contributed by atoms with Crippen molar-refractivity contribution < 1.29 is 29.4 Å². The van der Waals surface area contributed by atoms with E-state index in [1.165, 1.54) is 6.92 Å². The maximum atomic E-state index is 13.4. The highest BCUT2D eigenvalue weighted by molar-refractivity contribution is 5.95. The molecule has 0 aliphatic rings. The minimum absolute atomic E-state index is 0.0118. The maximum absolute atomic E-state index is 13.4. The van der Waals surface area contributed by atoms with Crippen molar-refractivity contribution >= 4 is 45.5 Å². The number of amides is 3. The topological polar surface area (TPSA) is 202 Å². The summed E-state index contributed by atoms with van der Waals surface area (Å²) in [7, 11) is 0. The second kappa shape index (κ2) is 14.2. The van der Waals surface area contributed by atoms with Crippen LogP contribution < -0.4 is 21.7 Å². The fourth-order valence-electron chi connectivity index (χ4n) is 5.25. The largest absolute Gasteiger partial charge is 0.480 e. The number of aliphatic carboxylic acids is 1. The van der Waals surface area contributed by atoms with Crippen molar-refractivity contribution in [1.29, 1.82) is 0 Å². The molecule has 0 saturated carbocycles. The predicted molar refractivity (Wildman–Crippen MR) is 167 cm³/mol. The van der Waals surface area contributed by atoms with E-state index in [0.717, 1.165) is 27.4 Å². The molecule has 4 aromatic rings. The van der Waals surface area contributed by atoms with E-state index < -0.39 is 54.0 Å². The number of carbonyl (C=O) groups excluding carboxylic acids is 3. The van der Waals surface area contributed by atoms with Crippen LogP contribution in [0, 0.1) is 5.92 Å². The van der Waals surface area contributed by atoms with Gasteiger partial charge in [-0.2, -0.15) is 0 Å². The lowest BCUT2D eigenvalue weighted by molar-refractivity contribution is -0.143. The van der Waals surface area contributed by atoms with E-state index >= 15 is 0 Å². The standard InChI is InChI=1S/C32H40N6O6/c1-17(2)12-26(36-29(40)23(33)13-19-15-34-24-10-6-4-8-21(19)24)30(41)38-28(18(3)39)31(42)37-27(32(43)44)14-20-16-35-25-11-7-5-9-22(20)25/h4-11,15-18,23,26-28,34-35,39H,12-14,33H2,1-3H3,(H,36,40)(H,37,42)(H,38,41)(H,43,44). The molecule has 5 unspecified atom stereocenters. The van der Waals surface area contributed by atoms with E-state index in [9.17, 15) is 29.4 Å². The molecule has 0 fully saturated rings. The summed E-state index contributed by atoms with van der Waals surface area (Å²) in [4.78, 5) is 58.0. The zero-order chi connectivity index (χ0) is 32.0. The summed E-state index contributed by atoms with van der Waals surface area (Å²) in [5.74, 6) is -3.39. The van der Waals surface area contributed by atoms with Crippen molar-refractivity contribution in [3.63, 3.8) is 0 Å². The minimum Gasteiger partial charge on any atom is -0.480 e. The summed E-state index contributed by atoms with van der Waals surface area (Å²) >= 11 is 0. The molecule has 9 N–H and O–H groups in total. The van der Waals surface area contributed by atoms with Gasteiger partial charge in [-0.25, -0.2) is 4.79 Å². The van der Waals surface area contributed by atoms with Crippen molar-refractivity contribution in [2.24, 2.45) is 11.7 Å². The molecule has 4 rings (SSSR count). The summed E-state index contributed by atoms with van der Waals surface area (Å²) in [6.07, 6.45) is 2.57. The number of hydrogen-bond donors (Lipinski definition) is 8. The summed E-state index contributed by atoms with van der Waals surface area (Å²) in [5.41, 5.74) is 9.52. The van der Waals surface area contributed by atoms with Crippen LogP contribution in [0.4, 0.5) is 0 Å². The Morgan fingerprint density at radius 2 is 1.27 bits per heavy atom. The number of carboxylic acid groups (broad SMARTS) is 1. The SMILES string of the molecule is CC(C)CC(NC(=O)C(N)Cc1c[nH]c2ccccc12)C(=O)NC(C(=O)NC(Cc1c[nH]c2ccccc12)C(=O)O)C(C)O. The molecule has 0 aliphatic carbocycles. The number of nitrogens with two attached hydrogens (primary N) is 1. The van der Waals surface area contributed by atoms with Crippen molar-refractivity contribution in [3.8, 4) is 0 Å². The van der Waals surface area contributed by atoms with Gasteiger partial charge in [0.05, 0.1) is 12.1 Å². The van der Waals surface area contributed by atoms with Crippen LogP contribution >= 0.6 is 0 Å². The molecular weight excluding hydrogens is 564 g/mol. The van der Waals surface area contributed by atoms with Crippen LogP contribution in [0.5, 0.6) is 0 Å². The number of fused-ring (bicyclic) bond motifs is 2. The lowest BCUT2D eigenvalue weighted by atomic mass is 10.00. The fraction of sp³-hybridized carbons (Fsp3) is 0.375. The van der Waals surface area contributed by atoms with E-state index in [0.29, 0.717) is 5.56 Å². The highest BCUT2D eigenvalue weighted by atomic mass is 16.4. The zero-order valence-electron chi connectivity index (χ0n) is 25.0. The number of aromatic amines is 2. The van der Waals surface area contributed by atoms with Crippen molar-refractivity contribution in [1.82, 2.24) is 25.9 Å². The van der Waals surface area contributed by atoms with E-state index in [-0.39, 0.29) is 25.2 Å².